The third-order valence-corrected chi connectivity index (χ3v) is 7.30. The van der Waals surface area contributed by atoms with Gasteiger partial charge in [0.25, 0.3) is 0 Å². The van der Waals surface area contributed by atoms with Gasteiger partial charge in [0.05, 0.1) is 39.6 Å². The van der Waals surface area contributed by atoms with Gasteiger partial charge in [0.15, 0.2) is 17.4 Å². The SMILES string of the molecule is COC(=O)CCc1cnc(CC2CC(c3cccc(OC)c3OC)c3cc(Cl)ccc3-n3c2nnc3C(F)(F)F)o1. The summed E-state index contributed by atoms with van der Waals surface area (Å²) in [6.07, 6.45) is -2.48. The molecular formula is C28H26ClF3N4O5. The van der Waals surface area contributed by atoms with Crippen LogP contribution >= 0.6 is 11.6 Å². The molecule has 2 aromatic heterocycles. The Morgan fingerprint density at radius 3 is 2.63 bits per heavy atom. The van der Waals surface area contributed by atoms with Crippen LogP contribution in [0, 0.1) is 0 Å². The van der Waals surface area contributed by atoms with Crippen molar-refractivity contribution >= 4 is 17.6 Å². The van der Waals surface area contributed by atoms with E-state index in [2.05, 4.69) is 19.9 Å². The van der Waals surface area contributed by atoms with Crippen LogP contribution in [0.2, 0.25) is 5.02 Å². The summed E-state index contributed by atoms with van der Waals surface area (Å²) < 4.78 is 65.5. The molecule has 0 saturated carbocycles. The number of hydrogen-bond donors (Lipinski definition) is 0. The lowest BCUT2D eigenvalue weighted by Crippen LogP contribution is -2.16. The molecule has 2 unspecified atom stereocenters. The van der Waals surface area contributed by atoms with Gasteiger partial charge in [-0.2, -0.15) is 13.2 Å². The Kier molecular flexibility index (Phi) is 7.94. The van der Waals surface area contributed by atoms with E-state index < -0.39 is 29.8 Å². The van der Waals surface area contributed by atoms with E-state index in [4.69, 9.17) is 25.5 Å². The molecule has 0 amide bonds. The van der Waals surface area contributed by atoms with E-state index in [1.807, 2.05) is 6.07 Å². The van der Waals surface area contributed by atoms with Crippen molar-refractivity contribution in [1.82, 2.24) is 19.7 Å². The highest BCUT2D eigenvalue weighted by Crippen LogP contribution is 2.48. The molecule has 0 fully saturated rings. The highest BCUT2D eigenvalue weighted by atomic mass is 35.5. The zero-order chi connectivity index (χ0) is 29.3. The van der Waals surface area contributed by atoms with Crippen LogP contribution in [0.25, 0.3) is 5.69 Å². The fourth-order valence-electron chi connectivity index (χ4n) is 5.26. The number of methoxy groups -OCH3 is 3. The van der Waals surface area contributed by atoms with Crippen molar-refractivity contribution in [2.24, 2.45) is 0 Å². The van der Waals surface area contributed by atoms with Gasteiger partial charge in [-0.1, -0.05) is 23.7 Å². The maximum Gasteiger partial charge on any atom is 0.452 e. The van der Waals surface area contributed by atoms with Crippen LogP contribution in [0.3, 0.4) is 0 Å². The molecule has 0 bridgehead atoms. The molecule has 216 valence electrons. The van der Waals surface area contributed by atoms with E-state index >= 15 is 0 Å². The minimum absolute atomic E-state index is 0.103. The maximum atomic E-state index is 14.2. The van der Waals surface area contributed by atoms with E-state index in [-0.39, 0.29) is 30.8 Å². The van der Waals surface area contributed by atoms with Gasteiger partial charge in [0.2, 0.25) is 5.82 Å². The number of benzene rings is 2. The Bertz CT molecular complexity index is 1570. The van der Waals surface area contributed by atoms with E-state index in [0.29, 0.717) is 45.7 Å². The normalized spacial score (nSPS) is 16.5. The molecule has 0 N–H and O–H groups in total. The van der Waals surface area contributed by atoms with Gasteiger partial charge in [0, 0.05) is 35.3 Å². The minimum Gasteiger partial charge on any atom is -0.493 e. The van der Waals surface area contributed by atoms with Crippen molar-refractivity contribution in [2.75, 3.05) is 21.3 Å². The molecule has 5 rings (SSSR count). The number of aryl methyl sites for hydroxylation is 1. The van der Waals surface area contributed by atoms with Crippen LogP contribution in [0.4, 0.5) is 13.2 Å². The number of halogens is 4. The quantitative estimate of drug-likeness (QED) is 0.233. The zero-order valence-electron chi connectivity index (χ0n) is 22.4. The van der Waals surface area contributed by atoms with E-state index in [1.165, 1.54) is 39.7 Å². The summed E-state index contributed by atoms with van der Waals surface area (Å²) in [5.74, 6) is -0.840. The number of nitrogens with zero attached hydrogens (tertiary/aromatic N) is 4. The third kappa shape index (κ3) is 5.61. The van der Waals surface area contributed by atoms with Crippen molar-refractivity contribution in [1.29, 1.82) is 0 Å². The highest BCUT2D eigenvalue weighted by molar-refractivity contribution is 6.30. The average molecular weight is 591 g/mol. The van der Waals surface area contributed by atoms with Gasteiger partial charge >= 0.3 is 12.1 Å². The molecule has 0 aliphatic carbocycles. The largest absolute Gasteiger partial charge is 0.493 e. The van der Waals surface area contributed by atoms with Crippen molar-refractivity contribution < 1.29 is 36.6 Å². The molecule has 0 spiro atoms. The van der Waals surface area contributed by atoms with Crippen LogP contribution in [0.5, 0.6) is 11.5 Å². The fourth-order valence-corrected chi connectivity index (χ4v) is 5.44. The van der Waals surface area contributed by atoms with Gasteiger partial charge in [-0.15, -0.1) is 10.2 Å². The lowest BCUT2D eigenvalue weighted by molar-refractivity contribution is -0.146. The second-order valence-corrected chi connectivity index (χ2v) is 9.92. The zero-order valence-corrected chi connectivity index (χ0v) is 23.1. The molecule has 1 aliphatic heterocycles. The van der Waals surface area contributed by atoms with Crippen LogP contribution in [-0.2, 0) is 28.5 Å². The molecule has 0 saturated heterocycles. The van der Waals surface area contributed by atoms with Crippen LogP contribution < -0.4 is 9.47 Å². The van der Waals surface area contributed by atoms with Gasteiger partial charge in [0.1, 0.15) is 11.6 Å². The standard InChI is InChI=1S/C28H26ClF3N4O5/c1-38-22-6-4-5-18(25(22)40-3)19-11-15(12-23-33-14-17(41-23)8-10-24(37)39-2)26-34-35-27(28(30,31)32)36(26)21-9-7-16(29)13-20(19)21/h4-7,9,13-15,19H,8,10-12H2,1-3H3. The van der Waals surface area contributed by atoms with Gasteiger partial charge in [-0.05, 0) is 36.2 Å². The van der Waals surface area contributed by atoms with Crippen molar-refractivity contribution in [3.8, 4) is 17.2 Å². The number of aromatic nitrogens is 4. The summed E-state index contributed by atoms with van der Waals surface area (Å²) >= 11 is 6.40. The number of fused-ring (bicyclic) bond motifs is 3. The second kappa shape index (κ2) is 11.4. The molecular weight excluding hydrogens is 565 g/mol. The van der Waals surface area contributed by atoms with Gasteiger partial charge in [-0.25, -0.2) is 4.98 Å². The number of para-hydroxylation sites is 1. The average Bonchev–Trinajstić information content (AvgIpc) is 3.58. The number of ether oxygens (including phenoxy) is 3. The number of carbonyl (C=O) groups is 1. The lowest BCUT2D eigenvalue weighted by atomic mass is 9.82. The maximum absolute atomic E-state index is 14.2. The summed E-state index contributed by atoms with van der Waals surface area (Å²) in [6, 6.07) is 10.1. The molecule has 3 heterocycles. The molecule has 4 aromatic rings. The summed E-state index contributed by atoms with van der Waals surface area (Å²) in [5.41, 5.74) is 1.51. The summed E-state index contributed by atoms with van der Waals surface area (Å²) in [6.45, 7) is 0. The molecule has 41 heavy (non-hydrogen) atoms. The molecule has 9 nitrogen and oxygen atoms in total. The smallest absolute Gasteiger partial charge is 0.452 e. The van der Waals surface area contributed by atoms with E-state index in [1.54, 1.807) is 18.2 Å². The lowest BCUT2D eigenvalue weighted by Gasteiger charge is -2.24. The summed E-state index contributed by atoms with van der Waals surface area (Å²) in [5, 5.41) is 7.95. The highest BCUT2D eigenvalue weighted by Gasteiger charge is 2.43. The van der Waals surface area contributed by atoms with Crippen molar-refractivity contribution in [2.45, 2.75) is 43.7 Å². The topological polar surface area (TPSA) is 102 Å². The first kappa shape index (κ1) is 28.5. The number of alkyl halides is 3. The van der Waals surface area contributed by atoms with Crippen LogP contribution in [0.1, 0.15) is 59.1 Å². The summed E-state index contributed by atoms with van der Waals surface area (Å²) in [7, 11) is 4.32. The van der Waals surface area contributed by atoms with E-state index in [9.17, 15) is 18.0 Å². The van der Waals surface area contributed by atoms with Crippen LogP contribution in [-0.4, -0.2) is 47.0 Å². The van der Waals surface area contributed by atoms with Crippen LogP contribution in [0.15, 0.2) is 47.0 Å². The number of hydrogen-bond acceptors (Lipinski definition) is 8. The predicted octanol–water partition coefficient (Wildman–Crippen LogP) is 5.91. The molecule has 0 radical (unpaired) electrons. The number of rotatable bonds is 8. The fraction of sp³-hybridized carbons (Fsp3) is 0.357. The van der Waals surface area contributed by atoms with Gasteiger partial charge < -0.3 is 18.6 Å². The molecule has 1 aliphatic rings. The number of carbonyl (C=O) groups excluding carboxylic acids is 1. The first-order valence-corrected chi connectivity index (χ1v) is 13.1. The number of esters is 1. The monoisotopic (exact) mass is 590 g/mol. The van der Waals surface area contributed by atoms with Gasteiger partial charge in [-0.3, -0.25) is 9.36 Å². The minimum atomic E-state index is -4.77. The Labute approximate surface area is 238 Å². The molecule has 13 heteroatoms. The van der Waals surface area contributed by atoms with Crippen molar-refractivity contribution in [3.63, 3.8) is 0 Å². The second-order valence-electron chi connectivity index (χ2n) is 9.49. The Morgan fingerprint density at radius 2 is 1.93 bits per heavy atom. The Hall–Kier alpha value is -4.06. The van der Waals surface area contributed by atoms with Crippen molar-refractivity contribution in [3.05, 3.63) is 82.0 Å². The number of oxazole rings is 1. The molecule has 2 aromatic carbocycles. The molecule has 2 atom stereocenters. The first-order valence-electron chi connectivity index (χ1n) is 12.7. The first-order chi connectivity index (χ1) is 19.6. The third-order valence-electron chi connectivity index (χ3n) is 7.07. The Morgan fingerprint density at radius 1 is 1.12 bits per heavy atom. The van der Waals surface area contributed by atoms with E-state index in [0.717, 1.165) is 4.57 Å². The predicted molar refractivity (Wildman–Crippen MR) is 141 cm³/mol. The summed E-state index contributed by atoms with van der Waals surface area (Å²) in [4.78, 5) is 15.9. The Balaban J connectivity index is 1.65.